The fraction of sp³-hybridized carbons (Fsp3) is 0.143. The molecule has 1 aromatic heterocycles. The highest BCUT2D eigenvalue weighted by Crippen LogP contribution is 2.17. The van der Waals surface area contributed by atoms with Crippen LogP contribution in [0.4, 0.5) is 5.69 Å². The number of benzene rings is 1. The van der Waals surface area contributed by atoms with E-state index in [-0.39, 0.29) is 5.97 Å². The smallest absolute Gasteiger partial charge is 0.358 e. The van der Waals surface area contributed by atoms with Crippen molar-refractivity contribution < 1.29 is 9.53 Å². The summed E-state index contributed by atoms with van der Waals surface area (Å²) in [6.07, 6.45) is 0. The first-order chi connectivity index (χ1) is 8.81. The summed E-state index contributed by atoms with van der Waals surface area (Å²) >= 11 is 1.47. The number of hydrogen-bond donors (Lipinski definition) is 0. The Morgan fingerprint density at radius 2 is 2.00 bits per heavy atom. The Bertz CT molecular complexity index is 532. The van der Waals surface area contributed by atoms with Crippen molar-refractivity contribution in [2.75, 3.05) is 6.61 Å². The topological polar surface area (TPSA) is 38.7 Å². The minimum atomic E-state index is -0.385. The van der Waals surface area contributed by atoms with Gasteiger partial charge in [0.05, 0.1) is 17.2 Å². The summed E-state index contributed by atoms with van der Waals surface area (Å²) in [6.45, 7) is 2.13. The summed E-state index contributed by atoms with van der Waals surface area (Å²) in [7, 11) is 0. The van der Waals surface area contributed by atoms with E-state index in [9.17, 15) is 4.79 Å². The second kappa shape index (κ2) is 6.12. The Labute approximate surface area is 110 Å². The molecule has 1 heterocycles. The summed E-state index contributed by atoms with van der Waals surface area (Å²) in [4.78, 5) is 17.1. The number of para-hydroxylation sites is 1. The molecule has 92 valence electrons. The Morgan fingerprint density at radius 3 is 2.61 bits per heavy atom. The van der Waals surface area contributed by atoms with E-state index in [0.717, 1.165) is 10.6 Å². The van der Waals surface area contributed by atoms with Crippen LogP contribution in [0, 0.1) is 0 Å². The minimum Gasteiger partial charge on any atom is -0.461 e. The van der Waals surface area contributed by atoms with Crippen LogP contribution in [-0.4, -0.2) is 18.3 Å². The maximum atomic E-state index is 11.9. The van der Waals surface area contributed by atoms with Crippen molar-refractivity contribution in [3.05, 3.63) is 52.7 Å². The van der Waals surface area contributed by atoms with Crippen LogP contribution < -0.4 is 0 Å². The van der Waals surface area contributed by atoms with Crippen LogP contribution in [0.2, 0.25) is 0 Å². The Balaban J connectivity index is 2.37. The standard InChI is InChI=1S/C14H13NO2S/c1-2-17-14(16)13(12-9-6-10-18-12)15-11-7-4-3-5-8-11/h3-10H,2H2,1H3. The molecule has 2 rings (SSSR count). The summed E-state index contributed by atoms with van der Waals surface area (Å²) in [5.41, 5.74) is 1.10. The zero-order valence-electron chi connectivity index (χ0n) is 10.00. The lowest BCUT2D eigenvalue weighted by atomic mass is 10.3. The summed E-state index contributed by atoms with van der Waals surface area (Å²) in [6, 6.07) is 13.1. The van der Waals surface area contributed by atoms with E-state index in [1.165, 1.54) is 11.3 Å². The number of carbonyl (C=O) groups is 1. The van der Waals surface area contributed by atoms with Crippen molar-refractivity contribution in [3.63, 3.8) is 0 Å². The normalized spacial score (nSPS) is 11.3. The molecule has 0 saturated heterocycles. The third-order valence-electron chi connectivity index (χ3n) is 2.22. The van der Waals surface area contributed by atoms with Gasteiger partial charge in [-0.05, 0) is 30.5 Å². The second-order valence-electron chi connectivity index (χ2n) is 3.49. The van der Waals surface area contributed by atoms with Gasteiger partial charge in [-0.1, -0.05) is 24.3 Å². The van der Waals surface area contributed by atoms with Crippen LogP contribution in [0.3, 0.4) is 0 Å². The van der Waals surface area contributed by atoms with Gasteiger partial charge in [0.25, 0.3) is 0 Å². The molecule has 0 unspecified atom stereocenters. The van der Waals surface area contributed by atoms with Crippen LogP contribution in [-0.2, 0) is 9.53 Å². The van der Waals surface area contributed by atoms with Gasteiger partial charge in [0, 0.05) is 0 Å². The Hall–Kier alpha value is -1.94. The van der Waals surface area contributed by atoms with Crippen LogP contribution >= 0.6 is 11.3 Å². The molecule has 0 bridgehead atoms. The lowest BCUT2D eigenvalue weighted by Crippen LogP contribution is -2.17. The SMILES string of the molecule is CCOC(=O)C(=Nc1ccccc1)c1cccs1. The highest BCUT2D eigenvalue weighted by Gasteiger charge is 2.16. The molecule has 1 aromatic carbocycles. The van der Waals surface area contributed by atoms with E-state index in [4.69, 9.17) is 4.74 Å². The van der Waals surface area contributed by atoms with Crippen molar-refractivity contribution >= 4 is 28.7 Å². The van der Waals surface area contributed by atoms with Gasteiger partial charge in [0.2, 0.25) is 0 Å². The molecule has 0 radical (unpaired) electrons. The number of carbonyl (C=O) groups excluding carboxylic acids is 1. The molecule has 0 aliphatic heterocycles. The lowest BCUT2D eigenvalue weighted by molar-refractivity contribution is -0.134. The minimum absolute atomic E-state index is 0.345. The molecule has 0 aliphatic rings. The van der Waals surface area contributed by atoms with E-state index in [0.29, 0.717) is 12.3 Å². The van der Waals surface area contributed by atoms with E-state index < -0.39 is 0 Å². The lowest BCUT2D eigenvalue weighted by Gasteiger charge is -2.04. The molecule has 0 aliphatic carbocycles. The zero-order chi connectivity index (χ0) is 12.8. The number of rotatable bonds is 4. The van der Waals surface area contributed by atoms with Crippen LogP contribution in [0.15, 0.2) is 52.8 Å². The molecular weight excluding hydrogens is 246 g/mol. The number of nitrogens with zero attached hydrogens (tertiary/aromatic N) is 1. The molecule has 0 amide bonds. The fourth-order valence-corrected chi connectivity index (χ4v) is 2.15. The van der Waals surface area contributed by atoms with Gasteiger partial charge in [-0.15, -0.1) is 11.3 Å². The predicted molar refractivity (Wildman–Crippen MR) is 73.6 cm³/mol. The summed E-state index contributed by atoms with van der Waals surface area (Å²) < 4.78 is 5.04. The summed E-state index contributed by atoms with van der Waals surface area (Å²) in [5.74, 6) is -0.385. The summed E-state index contributed by atoms with van der Waals surface area (Å²) in [5, 5.41) is 1.91. The van der Waals surface area contributed by atoms with Crippen LogP contribution in [0.25, 0.3) is 0 Å². The van der Waals surface area contributed by atoms with E-state index in [1.54, 1.807) is 6.92 Å². The molecule has 2 aromatic rings. The first-order valence-electron chi connectivity index (χ1n) is 5.66. The first kappa shape index (κ1) is 12.5. The average Bonchev–Trinajstić information content (AvgIpc) is 2.91. The molecule has 0 fully saturated rings. The highest BCUT2D eigenvalue weighted by atomic mass is 32.1. The molecule has 4 heteroatoms. The van der Waals surface area contributed by atoms with Crippen molar-refractivity contribution in [1.29, 1.82) is 0 Å². The second-order valence-corrected chi connectivity index (χ2v) is 4.44. The van der Waals surface area contributed by atoms with E-state index in [1.807, 2.05) is 47.8 Å². The van der Waals surface area contributed by atoms with Gasteiger partial charge in [-0.3, -0.25) is 0 Å². The van der Waals surface area contributed by atoms with Crippen LogP contribution in [0.5, 0.6) is 0 Å². The Kier molecular flexibility index (Phi) is 4.25. The maximum Gasteiger partial charge on any atom is 0.358 e. The number of thiophene rings is 1. The molecule has 0 spiro atoms. The number of esters is 1. The molecule has 0 atom stereocenters. The molecular formula is C14H13NO2S. The monoisotopic (exact) mass is 259 g/mol. The third-order valence-corrected chi connectivity index (χ3v) is 3.10. The quantitative estimate of drug-likeness (QED) is 0.623. The number of aliphatic imine (C=N–C) groups is 1. The third kappa shape index (κ3) is 3.05. The predicted octanol–water partition coefficient (Wildman–Crippen LogP) is 3.43. The van der Waals surface area contributed by atoms with Gasteiger partial charge >= 0.3 is 5.97 Å². The Morgan fingerprint density at radius 1 is 1.22 bits per heavy atom. The van der Waals surface area contributed by atoms with Gasteiger partial charge in [0.15, 0.2) is 5.71 Å². The van der Waals surface area contributed by atoms with Gasteiger partial charge in [0.1, 0.15) is 0 Å². The van der Waals surface area contributed by atoms with Crippen LogP contribution in [0.1, 0.15) is 11.8 Å². The van der Waals surface area contributed by atoms with Crippen molar-refractivity contribution in [3.8, 4) is 0 Å². The maximum absolute atomic E-state index is 11.9. The van der Waals surface area contributed by atoms with E-state index >= 15 is 0 Å². The van der Waals surface area contributed by atoms with Crippen molar-refractivity contribution in [2.24, 2.45) is 4.99 Å². The van der Waals surface area contributed by atoms with E-state index in [2.05, 4.69) is 4.99 Å². The number of hydrogen-bond acceptors (Lipinski definition) is 4. The van der Waals surface area contributed by atoms with Gasteiger partial charge in [-0.2, -0.15) is 0 Å². The van der Waals surface area contributed by atoms with Crippen molar-refractivity contribution in [1.82, 2.24) is 0 Å². The molecule has 18 heavy (non-hydrogen) atoms. The molecule has 3 nitrogen and oxygen atoms in total. The average molecular weight is 259 g/mol. The van der Waals surface area contributed by atoms with Gasteiger partial charge < -0.3 is 4.74 Å². The van der Waals surface area contributed by atoms with Gasteiger partial charge in [-0.25, -0.2) is 9.79 Å². The molecule has 0 saturated carbocycles. The van der Waals surface area contributed by atoms with Crippen molar-refractivity contribution in [2.45, 2.75) is 6.92 Å². The first-order valence-corrected chi connectivity index (χ1v) is 6.54. The number of ether oxygens (including phenoxy) is 1. The highest BCUT2D eigenvalue weighted by molar-refractivity contribution is 7.13. The molecule has 0 N–H and O–H groups in total. The zero-order valence-corrected chi connectivity index (χ0v) is 10.8. The fourth-order valence-electron chi connectivity index (χ4n) is 1.45. The largest absolute Gasteiger partial charge is 0.461 e.